The second-order valence-electron chi connectivity index (χ2n) is 4.19. The molecule has 0 aliphatic carbocycles. The maximum absolute atomic E-state index is 11.8. The van der Waals surface area contributed by atoms with Crippen LogP contribution in [0.25, 0.3) is 10.9 Å². The van der Waals surface area contributed by atoms with E-state index < -0.39 is 0 Å². The number of aromatic nitrogens is 1. The molecule has 0 atom stereocenters. The van der Waals surface area contributed by atoms with Gasteiger partial charge in [0.25, 0.3) is 0 Å². The molecule has 100 valence electrons. The maximum Gasteiger partial charge on any atom is 0.224 e. The molecule has 0 unspecified atom stereocenters. The van der Waals surface area contributed by atoms with E-state index in [2.05, 4.69) is 26.2 Å². The number of benzene rings is 1. The summed E-state index contributed by atoms with van der Waals surface area (Å²) in [5.74, 6) is 0.00947. The minimum atomic E-state index is 0.00947. The van der Waals surface area contributed by atoms with Gasteiger partial charge in [-0.3, -0.25) is 9.78 Å². The molecule has 2 aromatic rings. The lowest BCUT2D eigenvalue weighted by Gasteiger charge is -2.08. The monoisotopic (exact) mass is 340 g/mol. The van der Waals surface area contributed by atoms with Crippen LogP contribution in [0.2, 0.25) is 5.02 Å². The number of carbonyl (C=O) groups excluding carboxylic acids is 1. The lowest BCUT2D eigenvalue weighted by Crippen LogP contribution is -2.11. The van der Waals surface area contributed by atoms with Gasteiger partial charge in [0.2, 0.25) is 5.91 Å². The molecule has 0 aliphatic heterocycles. The molecule has 19 heavy (non-hydrogen) atoms. The lowest BCUT2D eigenvalue weighted by molar-refractivity contribution is -0.116. The van der Waals surface area contributed by atoms with E-state index in [-0.39, 0.29) is 5.91 Å². The van der Waals surface area contributed by atoms with Gasteiger partial charge in [0.15, 0.2) is 0 Å². The minimum Gasteiger partial charge on any atom is -0.324 e. The van der Waals surface area contributed by atoms with Gasteiger partial charge in [0.05, 0.1) is 16.2 Å². The molecule has 0 aliphatic rings. The van der Waals surface area contributed by atoms with Gasteiger partial charge < -0.3 is 5.32 Å². The van der Waals surface area contributed by atoms with Crippen LogP contribution in [0.1, 0.15) is 19.3 Å². The van der Waals surface area contributed by atoms with E-state index >= 15 is 0 Å². The number of fused-ring (bicyclic) bond motifs is 1. The first-order valence-corrected chi connectivity index (χ1v) is 7.61. The molecule has 1 heterocycles. The highest BCUT2D eigenvalue weighted by Crippen LogP contribution is 2.28. The van der Waals surface area contributed by atoms with E-state index in [1.54, 1.807) is 18.3 Å². The molecule has 1 N–H and O–H groups in total. The molecule has 3 nitrogen and oxygen atoms in total. The number of carbonyl (C=O) groups is 1. The van der Waals surface area contributed by atoms with Gasteiger partial charge in [0, 0.05) is 23.3 Å². The summed E-state index contributed by atoms with van der Waals surface area (Å²) in [5.41, 5.74) is 1.44. The molecular weight excluding hydrogens is 328 g/mol. The molecular formula is C14H14BrClN2O. The van der Waals surface area contributed by atoms with Crippen LogP contribution in [0.5, 0.6) is 0 Å². The Morgan fingerprint density at radius 2 is 2.16 bits per heavy atom. The average Bonchev–Trinajstić information content (AvgIpc) is 2.43. The largest absolute Gasteiger partial charge is 0.324 e. The number of unbranched alkanes of at least 4 members (excludes halogenated alkanes) is 1. The molecule has 1 aromatic carbocycles. The first kappa shape index (κ1) is 14.3. The Balaban J connectivity index is 2.17. The first-order valence-electron chi connectivity index (χ1n) is 6.11. The highest BCUT2D eigenvalue weighted by molar-refractivity contribution is 9.09. The van der Waals surface area contributed by atoms with E-state index in [9.17, 15) is 4.79 Å². The van der Waals surface area contributed by atoms with Crippen LogP contribution in [0.15, 0.2) is 30.5 Å². The zero-order valence-electron chi connectivity index (χ0n) is 10.3. The summed E-state index contributed by atoms with van der Waals surface area (Å²) >= 11 is 9.46. The molecule has 0 bridgehead atoms. The third kappa shape index (κ3) is 3.67. The maximum atomic E-state index is 11.8. The van der Waals surface area contributed by atoms with E-state index in [1.807, 2.05) is 12.1 Å². The van der Waals surface area contributed by atoms with E-state index in [4.69, 9.17) is 11.6 Å². The van der Waals surface area contributed by atoms with E-state index in [0.29, 0.717) is 17.1 Å². The summed E-state index contributed by atoms with van der Waals surface area (Å²) in [6.07, 6.45) is 4.07. The molecule has 5 heteroatoms. The van der Waals surface area contributed by atoms with Crippen molar-refractivity contribution in [2.45, 2.75) is 19.3 Å². The number of hydrogen-bond acceptors (Lipinski definition) is 2. The van der Waals surface area contributed by atoms with Crippen LogP contribution in [0.4, 0.5) is 5.69 Å². The Labute approximate surface area is 125 Å². The third-order valence-electron chi connectivity index (χ3n) is 2.78. The Hall–Kier alpha value is -1.13. The standard InChI is InChI=1S/C14H14BrClN2O/c15-8-2-1-5-13(19)18-12-7-6-11(16)10-4-3-9-17-14(10)12/h3-4,6-7,9H,1-2,5,8H2,(H,18,19). The zero-order valence-corrected chi connectivity index (χ0v) is 12.7. The highest BCUT2D eigenvalue weighted by Gasteiger charge is 2.08. The normalized spacial score (nSPS) is 10.6. The molecule has 0 saturated heterocycles. The van der Waals surface area contributed by atoms with E-state index in [1.165, 1.54) is 0 Å². The summed E-state index contributed by atoms with van der Waals surface area (Å²) in [6.45, 7) is 0. The number of hydrogen-bond donors (Lipinski definition) is 1. The van der Waals surface area contributed by atoms with Crippen molar-refractivity contribution in [1.29, 1.82) is 0 Å². The van der Waals surface area contributed by atoms with Crippen molar-refractivity contribution in [3.8, 4) is 0 Å². The predicted octanol–water partition coefficient (Wildman–Crippen LogP) is 4.39. The Bertz CT molecular complexity index is 589. The van der Waals surface area contributed by atoms with Gasteiger partial charge in [0.1, 0.15) is 0 Å². The SMILES string of the molecule is O=C(CCCCBr)Nc1ccc(Cl)c2cccnc12. The second-order valence-corrected chi connectivity index (χ2v) is 5.39. The average molecular weight is 342 g/mol. The summed E-state index contributed by atoms with van der Waals surface area (Å²) < 4.78 is 0. The number of nitrogens with zero attached hydrogens (tertiary/aromatic N) is 1. The Morgan fingerprint density at radius 3 is 2.95 bits per heavy atom. The van der Waals surface area contributed by atoms with Gasteiger partial charge in [-0.2, -0.15) is 0 Å². The number of anilines is 1. The molecule has 0 spiro atoms. The number of nitrogens with one attached hydrogen (secondary N) is 1. The zero-order chi connectivity index (χ0) is 13.7. The first-order chi connectivity index (χ1) is 9.22. The van der Waals surface area contributed by atoms with Crippen molar-refractivity contribution < 1.29 is 4.79 Å². The van der Waals surface area contributed by atoms with Crippen molar-refractivity contribution >= 4 is 50.0 Å². The topological polar surface area (TPSA) is 42.0 Å². The smallest absolute Gasteiger partial charge is 0.224 e. The number of alkyl halides is 1. The highest BCUT2D eigenvalue weighted by atomic mass is 79.9. The summed E-state index contributed by atoms with van der Waals surface area (Å²) in [6, 6.07) is 7.29. The van der Waals surface area contributed by atoms with Crippen LogP contribution >= 0.6 is 27.5 Å². The molecule has 1 amide bonds. The van der Waals surface area contributed by atoms with Crippen molar-refractivity contribution in [1.82, 2.24) is 4.98 Å². The van der Waals surface area contributed by atoms with Gasteiger partial charge in [-0.15, -0.1) is 0 Å². The predicted molar refractivity (Wildman–Crippen MR) is 83.0 cm³/mol. The number of rotatable bonds is 5. The summed E-state index contributed by atoms with van der Waals surface area (Å²) in [5, 5.41) is 5.31. The molecule has 0 fully saturated rings. The quantitative estimate of drug-likeness (QED) is 0.647. The van der Waals surface area contributed by atoms with Crippen LogP contribution < -0.4 is 5.32 Å². The summed E-state index contributed by atoms with van der Waals surface area (Å²) in [4.78, 5) is 16.1. The van der Waals surface area contributed by atoms with Crippen molar-refractivity contribution in [2.24, 2.45) is 0 Å². The fourth-order valence-corrected chi connectivity index (χ4v) is 2.44. The fraction of sp³-hybridized carbons (Fsp3) is 0.286. The fourth-order valence-electron chi connectivity index (χ4n) is 1.83. The van der Waals surface area contributed by atoms with Gasteiger partial charge >= 0.3 is 0 Å². The van der Waals surface area contributed by atoms with E-state index in [0.717, 1.165) is 29.1 Å². The minimum absolute atomic E-state index is 0.00947. The molecule has 0 saturated carbocycles. The molecule has 2 rings (SSSR count). The van der Waals surface area contributed by atoms with Crippen LogP contribution in [-0.2, 0) is 4.79 Å². The molecule has 1 aromatic heterocycles. The number of amides is 1. The van der Waals surface area contributed by atoms with Crippen molar-refractivity contribution in [2.75, 3.05) is 10.6 Å². The number of halogens is 2. The molecule has 0 radical (unpaired) electrons. The van der Waals surface area contributed by atoms with Crippen LogP contribution in [0.3, 0.4) is 0 Å². The Morgan fingerprint density at radius 1 is 1.32 bits per heavy atom. The lowest BCUT2D eigenvalue weighted by atomic mass is 10.2. The van der Waals surface area contributed by atoms with Gasteiger partial charge in [-0.25, -0.2) is 0 Å². The van der Waals surface area contributed by atoms with Crippen molar-refractivity contribution in [3.05, 3.63) is 35.5 Å². The summed E-state index contributed by atoms with van der Waals surface area (Å²) in [7, 11) is 0. The Kier molecular flexibility index (Phi) is 5.16. The van der Waals surface area contributed by atoms with Gasteiger partial charge in [-0.1, -0.05) is 27.5 Å². The number of pyridine rings is 1. The van der Waals surface area contributed by atoms with Crippen molar-refractivity contribution in [3.63, 3.8) is 0 Å². The van der Waals surface area contributed by atoms with Gasteiger partial charge in [-0.05, 0) is 37.1 Å². The third-order valence-corrected chi connectivity index (χ3v) is 3.67. The second kappa shape index (κ2) is 6.87. The van der Waals surface area contributed by atoms with Crippen LogP contribution in [-0.4, -0.2) is 16.2 Å². The van der Waals surface area contributed by atoms with Crippen LogP contribution in [0, 0.1) is 0 Å².